The lowest BCUT2D eigenvalue weighted by molar-refractivity contribution is -0.150. The Balaban J connectivity index is 2.31. The van der Waals surface area contributed by atoms with Gasteiger partial charge in [0, 0.05) is 13.6 Å². The number of esters is 2. The predicted molar refractivity (Wildman–Crippen MR) is 251 cm³/mol. The van der Waals surface area contributed by atoms with Crippen molar-refractivity contribution in [3.05, 3.63) is 20.4 Å². The van der Waals surface area contributed by atoms with E-state index in [4.69, 9.17) is 9.47 Å². The lowest BCUT2D eigenvalue weighted by Gasteiger charge is -2.23. The van der Waals surface area contributed by atoms with Crippen LogP contribution >= 0.6 is 0 Å². The molecular weight excluding hydrogens is 739 g/mol. The van der Waals surface area contributed by atoms with Gasteiger partial charge in [-0.15, -0.1) is 0 Å². The highest BCUT2D eigenvalue weighted by Crippen LogP contribution is 2.21. The van der Waals surface area contributed by atoms with Crippen LogP contribution in [0.25, 0.3) is 0 Å². The molecule has 0 spiro atoms. The van der Waals surface area contributed by atoms with Gasteiger partial charge in [0.25, 0.3) is 10.9 Å². The van der Waals surface area contributed by atoms with E-state index >= 15 is 0 Å². The van der Waals surface area contributed by atoms with Crippen LogP contribution in [0.5, 0.6) is 0 Å². The van der Waals surface area contributed by atoms with E-state index in [2.05, 4.69) is 43.2 Å². The van der Waals surface area contributed by atoms with Gasteiger partial charge in [0.15, 0.2) is 0 Å². The van der Waals surface area contributed by atoms with E-state index in [9.17, 15) is 19.2 Å². The molecule has 0 aromatic heterocycles. The highest BCUT2D eigenvalue weighted by Gasteiger charge is 2.21. The quantitative estimate of drug-likeness (QED) is 0.0377. The zero-order valence-electron chi connectivity index (χ0n) is 39.2. The van der Waals surface area contributed by atoms with E-state index in [0.29, 0.717) is 31.1 Å². The van der Waals surface area contributed by atoms with Crippen LogP contribution in [0.15, 0.2) is 9.59 Å². The molecule has 1 aromatic rings. The summed E-state index contributed by atoms with van der Waals surface area (Å²) >= 11 is 0. The van der Waals surface area contributed by atoms with E-state index in [-0.39, 0.29) is 23.8 Å². The molecule has 0 heterocycles. The molecule has 0 saturated carbocycles. The molecule has 2 N–H and O–H groups in total. The summed E-state index contributed by atoms with van der Waals surface area (Å²) in [6.45, 7) is 13.8. The van der Waals surface area contributed by atoms with Gasteiger partial charge in [-0.3, -0.25) is 19.2 Å². The van der Waals surface area contributed by atoms with Crippen molar-refractivity contribution in [2.45, 2.75) is 227 Å². The third-order valence-corrected chi connectivity index (χ3v) is 12.1. The van der Waals surface area contributed by atoms with Crippen molar-refractivity contribution in [2.24, 2.45) is 11.8 Å². The zero-order chi connectivity index (χ0) is 43.2. The van der Waals surface area contributed by atoms with Gasteiger partial charge in [0.1, 0.15) is 11.4 Å². The molecule has 9 nitrogen and oxygen atoms in total. The molecule has 0 bridgehead atoms. The second-order valence-electron chi connectivity index (χ2n) is 17.4. The molecule has 344 valence electrons. The average Bonchev–Trinajstić information content (AvgIpc) is 3.24. The Morgan fingerprint density at radius 3 is 1.24 bits per heavy atom. The third kappa shape index (κ3) is 27.2. The lowest BCUT2D eigenvalue weighted by Crippen LogP contribution is -2.37. The highest BCUT2D eigenvalue weighted by molar-refractivity contribution is 5.74. The fourth-order valence-corrected chi connectivity index (χ4v) is 8.17. The van der Waals surface area contributed by atoms with Crippen LogP contribution in [0, 0.1) is 11.8 Å². The van der Waals surface area contributed by atoms with Crippen molar-refractivity contribution in [2.75, 3.05) is 57.1 Å². The lowest BCUT2D eigenvalue weighted by atomic mass is 9.95. The van der Waals surface area contributed by atoms with Gasteiger partial charge < -0.3 is 25.0 Å². The number of hydrogen-bond donors (Lipinski definition) is 2. The molecular formula is C50H93N3O6. The maximum Gasteiger partial charge on any atom is 0.308 e. The van der Waals surface area contributed by atoms with Gasteiger partial charge in [-0.1, -0.05) is 169 Å². The van der Waals surface area contributed by atoms with Gasteiger partial charge in [-0.25, -0.2) is 0 Å². The summed E-state index contributed by atoms with van der Waals surface area (Å²) in [6.07, 6.45) is 35.2. The number of rotatable bonds is 44. The summed E-state index contributed by atoms with van der Waals surface area (Å²) in [6, 6.07) is 0. The number of ether oxygens (including phenoxy) is 2. The molecule has 0 saturated heterocycles. The Hall–Kier alpha value is -2.42. The van der Waals surface area contributed by atoms with E-state index in [0.717, 1.165) is 116 Å². The Bertz CT molecular complexity index is 1160. The topological polar surface area (TPSA) is 114 Å². The molecule has 59 heavy (non-hydrogen) atoms. The Morgan fingerprint density at radius 1 is 0.458 bits per heavy atom. The van der Waals surface area contributed by atoms with E-state index in [1.807, 2.05) is 0 Å². The molecule has 9 heteroatoms. The molecule has 0 amide bonds. The fraction of sp³-hybridized carbons (Fsp3) is 0.880. The van der Waals surface area contributed by atoms with Crippen molar-refractivity contribution >= 4 is 23.3 Å². The maximum atomic E-state index is 12.7. The van der Waals surface area contributed by atoms with Crippen LogP contribution in [-0.2, 0) is 19.1 Å². The Kier molecular flexibility index (Phi) is 35.6. The predicted octanol–water partition coefficient (Wildman–Crippen LogP) is 12.5. The molecule has 2 unspecified atom stereocenters. The van der Waals surface area contributed by atoms with Crippen LogP contribution in [0.3, 0.4) is 0 Å². The minimum absolute atomic E-state index is 0.0344. The van der Waals surface area contributed by atoms with Crippen LogP contribution in [0.4, 0.5) is 11.4 Å². The Morgan fingerprint density at radius 2 is 0.814 bits per heavy atom. The third-order valence-electron chi connectivity index (χ3n) is 12.1. The first kappa shape index (κ1) is 54.6. The van der Waals surface area contributed by atoms with E-state index < -0.39 is 10.9 Å². The van der Waals surface area contributed by atoms with E-state index in [1.165, 1.54) is 103 Å². The molecule has 0 fully saturated rings. The smallest absolute Gasteiger partial charge is 0.308 e. The SMILES string of the molecule is CCCCCCC(CCCC)C(=O)OCCCCCCCCCN(CCCCCCCCCOC(=O)C(CCCC)CCCCCC)CCCNc1c(NC)c(=O)c1=O. The van der Waals surface area contributed by atoms with Gasteiger partial charge in [-0.2, -0.15) is 0 Å². The number of carbonyl (C=O) groups is 2. The zero-order valence-corrected chi connectivity index (χ0v) is 39.2. The summed E-state index contributed by atoms with van der Waals surface area (Å²) in [5.74, 6) is 0.240. The van der Waals surface area contributed by atoms with Crippen LogP contribution in [0.2, 0.25) is 0 Å². The fourth-order valence-electron chi connectivity index (χ4n) is 8.17. The molecule has 0 radical (unpaired) electrons. The number of unbranched alkanes of at least 4 members (excludes halogenated alkanes) is 20. The monoisotopic (exact) mass is 832 g/mol. The van der Waals surface area contributed by atoms with Crippen molar-refractivity contribution < 1.29 is 19.1 Å². The molecule has 2 atom stereocenters. The maximum absolute atomic E-state index is 12.7. The molecule has 0 aliphatic carbocycles. The van der Waals surface area contributed by atoms with E-state index in [1.54, 1.807) is 7.05 Å². The summed E-state index contributed by atoms with van der Waals surface area (Å²) in [5, 5.41) is 6.04. The minimum atomic E-state index is -0.428. The number of carbonyl (C=O) groups excluding carboxylic acids is 2. The number of nitrogens with one attached hydrogen (secondary N) is 2. The van der Waals surface area contributed by atoms with Gasteiger partial charge >= 0.3 is 11.9 Å². The van der Waals surface area contributed by atoms with Gasteiger partial charge in [0.05, 0.1) is 25.0 Å². The number of nitrogens with zero attached hydrogens (tertiary/aromatic N) is 1. The second kappa shape index (κ2) is 38.5. The largest absolute Gasteiger partial charge is 0.465 e. The van der Waals surface area contributed by atoms with Crippen molar-refractivity contribution in [3.63, 3.8) is 0 Å². The first-order valence-corrected chi connectivity index (χ1v) is 25.1. The first-order valence-electron chi connectivity index (χ1n) is 25.1. The van der Waals surface area contributed by atoms with Crippen LogP contribution in [-0.4, -0.2) is 63.3 Å². The Labute approximate surface area is 362 Å². The van der Waals surface area contributed by atoms with Gasteiger partial charge in [-0.05, 0) is 77.4 Å². The highest BCUT2D eigenvalue weighted by atomic mass is 16.5. The van der Waals surface area contributed by atoms with Crippen molar-refractivity contribution in [1.82, 2.24) is 4.90 Å². The first-order chi connectivity index (χ1) is 28.8. The normalized spacial score (nSPS) is 12.6. The second-order valence-corrected chi connectivity index (χ2v) is 17.4. The van der Waals surface area contributed by atoms with Crippen molar-refractivity contribution in [1.29, 1.82) is 0 Å². The summed E-state index contributed by atoms with van der Waals surface area (Å²) in [7, 11) is 1.68. The number of anilines is 2. The summed E-state index contributed by atoms with van der Waals surface area (Å²) in [4.78, 5) is 51.7. The number of hydrogen-bond acceptors (Lipinski definition) is 9. The molecule has 1 rings (SSSR count). The van der Waals surface area contributed by atoms with Crippen molar-refractivity contribution in [3.8, 4) is 0 Å². The standard InChI is InChI=1S/C50H93N3O6/c1-6-10-14-26-35-43(33-12-8-3)49(56)58-41-30-24-20-16-18-22-28-38-53(40-32-37-52-46-45(51-5)47(54)48(46)55)39-29-23-19-17-21-25-31-42-59-50(57)44(34-13-9-4)36-27-15-11-7-2/h43-44,51-52H,6-42H2,1-5H3. The molecule has 1 aromatic carbocycles. The van der Waals surface area contributed by atoms with Crippen LogP contribution in [0.1, 0.15) is 227 Å². The van der Waals surface area contributed by atoms with Crippen LogP contribution < -0.4 is 21.5 Å². The summed E-state index contributed by atoms with van der Waals surface area (Å²) in [5.41, 5.74) is -0.00493. The summed E-state index contributed by atoms with van der Waals surface area (Å²) < 4.78 is 11.4. The average molecular weight is 832 g/mol. The molecule has 0 aliphatic heterocycles. The van der Waals surface area contributed by atoms with Gasteiger partial charge in [0.2, 0.25) is 0 Å². The minimum Gasteiger partial charge on any atom is -0.465 e. The molecule has 0 aliphatic rings.